The van der Waals surface area contributed by atoms with E-state index in [1.54, 1.807) is 24.4 Å². The van der Waals surface area contributed by atoms with Gasteiger partial charge >= 0.3 is 5.97 Å². The van der Waals surface area contributed by atoms with E-state index < -0.39 is 17.6 Å². The Labute approximate surface area is 190 Å². The number of benzene rings is 1. The first-order valence-corrected chi connectivity index (χ1v) is 10.8. The van der Waals surface area contributed by atoms with Crippen molar-refractivity contribution in [1.82, 2.24) is 9.38 Å². The summed E-state index contributed by atoms with van der Waals surface area (Å²) in [5.41, 5.74) is 2.03. The second-order valence-corrected chi connectivity index (χ2v) is 8.33. The van der Waals surface area contributed by atoms with Crippen LogP contribution >= 0.6 is 0 Å². The van der Waals surface area contributed by atoms with Crippen molar-refractivity contribution >= 4 is 23.1 Å². The minimum absolute atomic E-state index is 0.0303. The van der Waals surface area contributed by atoms with Gasteiger partial charge in [-0.2, -0.15) is 5.26 Å². The molecule has 1 aliphatic heterocycles. The quantitative estimate of drug-likeness (QED) is 0.544. The lowest BCUT2D eigenvalue weighted by atomic mass is 10.1. The van der Waals surface area contributed by atoms with Crippen LogP contribution in [0.1, 0.15) is 52.9 Å². The molecule has 4 rings (SSSR count). The van der Waals surface area contributed by atoms with Crippen molar-refractivity contribution < 1.29 is 15.0 Å². The SMILES string of the molecule is Cc1cc([C@@H](C)Nc2ccccc2C(=O)O)c2nc(N3CCC(O)CC3)c(C#N)c(=O)n2c1. The second kappa shape index (κ2) is 8.92. The summed E-state index contributed by atoms with van der Waals surface area (Å²) >= 11 is 0. The summed E-state index contributed by atoms with van der Waals surface area (Å²) in [5.74, 6) is -0.723. The van der Waals surface area contributed by atoms with Crippen molar-refractivity contribution in [3.8, 4) is 6.07 Å². The number of carbonyl (C=O) groups is 1. The molecule has 1 aromatic carbocycles. The van der Waals surface area contributed by atoms with Gasteiger partial charge in [0.2, 0.25) is 0 Å². The summed E-state index contributed by atoms with van der Waals surface area (Å²) in [7, 11) is 0. The minimum atomic E-state index is -1.04. The fourth-order valence-corrected chi connectivity index (χ4v) is 4.23. The smallest absolute Gasteiger partial charge is 0.337 e. The van der Waals surface area contributed by atoms with Gasteiger partial charge in [-0.3, -0.25) is 9.20 Å². The summed E-state index contributed by atoms with van der Waals surface area (Å²) in [5, 5.41) is 32.3. The van der Waals surface area contributed by atoms with Crippen LogP contribution in [0.15, 0.2) is 41.3 Å². The van der Waals surface area contributed by atoms with Gasteiger partial charge in [0, 0.05) is 30.5 Å². The number of carboxylic acid groups (broad SMARTS) is 1. The zero-order chi connectivity index (χ0) is 23.7. The Morgan fingerprint density at radius 1 is 1.30 bits per heavy atom. The van der Waals surface area contributed by atoms with Crippen LogP contribution in [0, 0.1) is 18.3 Å². The van der Waals surface area contributed by atoms with E-state index in [4.69, 9.17) is 4.98 Å². The van der Waals surface area contributed by atoms with Gasteiger partial charge in [-0.15, -0.1) is 0 Å². The molecule has 0 unspecified atom stereocenters. The van der Waals surface area contributed by atoms with Gasteiger partial charge in [0.15, 0.2) is 11.4 Å². The molecule has 0 amide bonds. The van der Waals surface area contributed by atoms with Gasteiger partial charge < -0.3 is 20.4 Å². The molecule has 9 nitrogen and oxygen atoms in total. The van der Waals surface area contributed by atoms with Crippen molar-refractivity contribution in [3.05, 3.63) is 69.1 Å². The minimum Gasteiger partial charge on any atom is -0.478 e. The van der Waals surface area contributed by atoms with E-state index in [0.29, 0.717) is 48.6 Å². The van der Waals surface area contributed by atoms with E-state index in [0.717, 1.165) is 5.56 Å². The number of nitrogens with zero attached hydrogens (tertiary/aromatic N) is 4. The van der Waals surface area contributed by atoms with Crippen LogP contribution < -0.4 is 15.8 Å². The van der Waals surface area contributed by atoms with E-state index >= 15 is 0 Å². The molecule has 0 spiro atoms. The number of aryl methyl sites for hydroxylation is 1. The van der Waals surface area contributed by atoms with Crippen molar-refractivity contribution in [1.29, 1.82) is 5.26 Å². The van der Waals surface area contributed by atoms with Crippen molar-refractivity contribution in [2.24, 2.45) is 0 Å². The van der Waals surface area contributed by atoms with Gasteiger partial charge in [-0.1, -0.05) is 12.1 Å². The van der Waals surface area contributed by atoms with Crippen LogP contribution in [0.3, 0.4) is 0 Å². The summed E-state index contributed by atoms with van der Waals surface area (Å²) in [4.78, 5) is 31.5. The van der Waals surface area contributed by atoms with Crippen LogP contribution in [0.25, 0.3) is 5.65 Å². The molecule has 33 heavy (non-hydrogen) atoms. The fraction of sp³-hybridized carbons (Fsp3) is 0.333. The number of nitrogens with one attached hydrogen (secondary N) is 1. The second-order valence-electron chi connectivity index (χ2n) is 8.33. The molecule has 2 aromatic heterocycles. The van der Waals surface area contributed by atoms with Crippen molar-refractivity contribution in [2.45, 2.75) is 38.8 Å². The molecule has 1 fully saturated rings. The van der Waals surface area contributed by atoms with E-state index in [2.05, 4.69) is 5.32 Å². The lowest BCUT2D eigenvalue weighted by Gasteiger charge is -2.31. The monoisotopic (exact) mass is 447 g/mol. The predicted molar refractivity (Wildman–Crippen MR) is 124 cm³/mol. The number of rotatable bonds is 5. The molecule has 0 bridgehead atoms. The van der Waals surface area contributed by atoms with E-state index in [9.17, 15) is 25.1 Å². The van der Waals surface area contributed by atoms with Gasteiger partial charge in [0.05, 0.1) is 17.7 Å². The van der Waals surface area contributed by atoms with Gasteiger partial charge in [-0.25, -0.2) is 9.78 Å². The molecule has 9 heteroatoms. The van der Waals surface area contributed by atoms with E-state index in [1.165, 1.54) is 10.5 Å². The number of hydrogen-bond donors (Lipinski definition) is 3. The Hall–Kier alpha value is -3.90. The zero-order valence-electron chi connectivity index (χ0n) is 18.4. The molecule has 1 aliphatic rings. The summed E-state index contributed by atoms with van der Waals surface area (Å²) in [6.45, 7) is 4.72. The number of fused-ring (bicyclic) bond motifs is 1. The largest absolute Gasteiger partial charge is 0.478 e. The van der Waals surface area contributed by atoms with Crippen LogP contribution in [-0.4, -0.2) is 44.8 Å². The average Bonchev–Trinajstić information content (AvgIpc) is 2.79. The zero-order valence-corrected chi connectivity index (χ0v) is 18.4. The normalized spacial score (nSPS) is 15.3. The number of pyridine rings is 1. The van der Waals surface area contributed by atoms with Crippen molar-refractivity contribution in [3.63, 3.8) is 0 Å². The third-order valence-corrected chi connectivity index (χ3v) is 5.94. The maximum atomic E-state index is 13.2. The number of nitriles is 1. The molecule has 1 atom stereocenters. The molecule has 3 heterocycles. The third-order valence-electron chi connectivity index (χ3n) is 5.94. The average molecular weight is 447 g/mol. The van der Waals surface area contributed by atoms with Crippen LogP contribution in [-0.2, 0) is 0 Å². The number of aliphatic hydroxyl groups excluding tert-OH is 1. The number of aromatic carboxylic acids is 1. The molecular formula is C24H25N5O4. The lowest BCUT2D eigenvalue weighted by Crippen LogP contribution is -2.38. The predicted octanol–water partition coefficient (Wildman–Crippen LogP) is 2.71. The summed E-state index contributed by atoms with van der Waals surface area (Å²) < 4.78 is 1.38. The number of carboxylic acids is 1. The van der Waals surface area contributed by atoms with Gasteiger partial charge in [0.25, 0.3) is 5.56 Å². The maximum absolute atomic E-state index is 13.2. The summed E-state index contributed by atoms with van der Waals surface area (Å²) in [6.07, 6.45) is 2.33. The molecule has 0 aliphatic carbocycles. The number of para-hydroxylation sites is 1. The molecule has 0 saturated carbocycles. The Morgan fingerprint density at radius 3 is 2.67 bits per heavy atom. The standard InChI is InChI=1S/C24H25N5O4/c1-14-11-18(15(2)26-20-6-4-3-5-17(20)24(32)33)22-27-21(28-9-7-16(30)8-10-28)19(12-25)23(31)29(22)13-14/h3-6,11,13,15-16,26,30H,7-10H2,1-2H3,(H,32,33)/t15-/m1/s1. The van der Waals surface area contributed by atoms with E-state index in [1.807, 2.05) is 30.9 Å². The van der Waals surface area contributed by atoms with Crippen LogP contribution in [0.5, 0.6) is 0 Å². The maximum Gasteiger partial charge on any atom is 0.337 e. The third kappa shape index (κ3) is 4.25. The van der Waals surface area contributed by atoms with Crippen LogP contribution in [0.4, 0.5) is 11.5 Å². The Bertz CT molecular complexity index is 1320. The number of aliphatic hydroxyl groups is 1. The molecule has 170 valence electrons. The number of anilines is 2. The molecule has 3 aromatic rings. The highest BCUT2D eigenvalue weighted by Crippen LogP contribution is 2.28. The van der Waals surface area contributed by atoms with Crippen molar-refractivity contribution in [2.75, 3.05) is 23.3 Å². The fourth-order valence-electron chi connectivity index (χ4n) is 4.23. The molecule has 1 saturated heterocycles. The first-order valence-electron chi connectivity index (χ1n) is 10.8. The van der Waals surface area contributed by atoms with Crippen LogP contribution in [0.2, 0.25) is 0 Å². The number of piperidine rings is 1. The van der Waals surface area contributed by atoms with Gasteiger partial charge in [-0.05, 0) is 50.5 Å². The molecule has 0 radical (unpaired) electrons. The Kier molecular flexibility index (Phi) is 6.03. The number of aromatic nitrogens is 2. The Balaban J connectivity index is 1.84. The highest BCUT2D eigenvalue weighted by molar-refractivity contribution is 5.94. The number of hydrogen-bond acceptors (Lipinski definition) is 7. The molecule has 3 N–H and O–H groups in total. The van der Waals surface area contributed by atoms with E-state index in [-0.39, 0.29) is 17.2 Å². The highest BCUT2D eigenvalue weighted by atomic mass is 16.4. The summed E-state index contributed by atoms with van der Waals surface area (Å²) in [6, 6.07) is 10.2. The van der Waals surface area contributed by atoms with Gasteiger partial charge in [0.1, 0.15) is 11.7 Å². The lowest BCUT2D eigenvalue weighted by molar-refractivity contribution is 0.0698. The Morgan fingerprint density at radius 2 is 2.00 bits per heavy atom. The first-order chi connectivity index (χ1) is 15.8. The topological polar surface area (TPSA) is 131 Å². The highest BCUT2D eigenvalue weighted by Gasteiger charge is 2.25. The molecular weight excluding hydrogens is 422 g/mol. The first kappa shape index (κ1) is 22.3.